The molecule has 4 nitrogen and oxygen atoms in total. The number of thioether (sulfide) groups is 1. The minimum Gasteiger partial charge on any atom is -0.352 e. The average Bonchev–Trinajstić information content (AvgIpc) is 2.94. The van der Waals surface area contributed by atoms with Crippen molar-refractivity contribution in [2.45, 2.75) is 69.8 Å². The van der Waals surface area contributed by atoms with Crippen LogP contribution in [0.15, 0.2) is 72.8 Å². The first kappa shape index (κ1) is 29.5. The van der Waals surface area contributed by atoms with Crippen molar-refractivity contribution in [3.05, 3.63) is 105 Å². The number of amides is 2. The van der Waals surface area contributed by atoms with Crippen molar-refractivity contribution in [2.24, 2.45) is 0 Å². The minimum absolute atomic E-state index is 0.0840. The van der Waals surface area contributed by atoms with Gasteiger partial charge in [0, 0.05) is 34.8 Å². The van der Waals surface area contributed by atoms with Gasteiger partial charge in [-0.2, -0.15) is 0 Å². The number of hydrogen-bond acceptors (Lipinski definition) is 3. The van der Waals surface area contributed by atoms with E-state index in [1.807, 2.05) is 48.5 Å². The summed E-state index contributed by atoms with van der Waals surface area (Å²) >= 11 is 14.3. The molecule has 1 aliphatic rings. The molecule has 0 saturated heterocycles. The molecule has 0 bridgehead atoms. The van der Waals surface area contributed by atoms with E-state index in [-0.39, 0.29) is 30.2 Å². The molecule has 4 rings (SSSR count). The second-order valence-corrected chi connectivity index (χ2v) is 12.1. The Kier molecular flexibility index (Phi) is 11.2. The van der Waals surface area contributed by atoms with Crippen LogP contribution in [-0.4, -0.2) is 34.6 Å². The van der Waals surface area contributed by atoms with Crippen molar-refractivity contribution in [1.29, 1.82) is 0 Å². The van der Waals surface area contributed by atoms with Gasteiger partial charge in [-0.15, -0.1) is 11.8 Å². The Morgan fingerprint density at radius 1 is 0.949 bits per heavy atom. The highest BCUT2D eigenvalue weighted by molar-refractivity contribution is 7.99. The molecule has 206 valence electrons. The van der Waals surface area contributed by atoms with Crippen molar-refractivity contribution < 1.29 is 9.59 Å². The molecule has 1 saturated carbocycles. The number of rotatable bonds is 11. The fraction of sp³-hybridized carbons (Fsp3) is 0.375. The summed E-state index contributed by atoms with van der Waals surface area (Å²) in [7, 11) is 0. The normalized spacial score (nSPS) is 14.5. The van der Waals surface area contributed by atoms with Gasteiger partial charge >= 0.3 is 0 Å². The third-order valence-electron chi connectivity index (χ3n) is 7.32. The fourth-order valence-corrected chi connectivity index (χ4v) is 6.49. The molecule has 0 unspecified atom stereocenters. The summed E-state index contributed by atoms with van der Waals surface area (Å²) in [5, 5.41) is 4.30. The third kappa shape index (κ3) is 8.76. The van der Waals surface area contributed by atoms with Gasteiger partial charge in [-0.1, -0.05) is 103 Å². The molecular formula is C32H36Cl2N2O2S. The highest BCUT2D eigenvalue weighted by Gasteiger charge is 2.32. The molecule has 0 spiro atoms. The van der Waals surface area contributed by atoms with Crippen molar-refractivity contribution >= 4 is 46.8 Å². The van der Waals surface area contributed by atoms with Crippen LogP contribution in [0.2, 0.25) is 10.0 Å². The summed E-state index contributed by atoms with van der Waals surface area (Å²) < 4.78 is 0. The van der Waals surface area contributed by atoms with E-state index < -0.39 is 6.04 Å². The molecule has 0 aromatic heterocycles. The van der Waals surface area contributed by atoms with E-state index in [0.717, 1.165) is 42.6 Å². The molecule has 1 N–H and O–H groups in total. The SMILES string of the molecule is Cc1ccccc1CSCC(=O)N(Cc1ccc(Cl)cc1Cl)[C@@H](Cc1ccccc1)C(=O)NC1CCCCC1. The molecule has 0 heterocycles. The number of benzene rings is 3. The Morgan fingerprint density at radius 3 is 2.38 bits per heavy atom. The lowest BCUT2D eigenvalue weighted by atomic mass is 9.94. The van der Waals surface area contributed by atoms with Gasteiger partial charge < -0.3 is 10.2 Å². The first-order valence-corrected chi connectivity index (χ1v) is 15.5. The summed E-state index contributed by atoms with van der Waals surface area (Å²) in [5.74, 6) is 0.806. The lowest BCUT2D eigenvalue weighted by molar-refractivity contribution is -0.139. The zero-order chi connectivity index (χ0) is 27.6. The first-order chi connectivity index (χ1) is 18.9. The van der Waals surface area contributed by atoms with Crippen LogP contribution >= 0.6 is 35.0 Å². The largest absolute Gasteiger partial charge is 0.352 e. The maximum Gasteiger partial charge on any atom is 0.243 e. The van der Waals surface area contributed by atoms with Crippen LogP contribution in [-0.2, 0) is 28.3 Å². The topological polar surface area (TPSA) is 49.4 Å². The predicted octanol–water partition coefficient (Wildman–Crippen LogP) is 7.62. The van der Waals surface area contributed by atoms with Gasteiger partial charge in [0.15, 0.2) is 0 Å². The lowest BCUT2D eigenvalue weighted by Crippen LogP contribution is -2.53. The molecule has 39 heavy (non-hydrogen) atoms. The molecule has 3 aromatic carbocycles. The molecule has 1 aliphatic carbocycles. The number of carbonyl (C=O) groups is 2. The quantitative estimate of drug-likeness (QED) is 0.253. The van der Waals surface area contributed by atoms with Gasteiger partial charge in [0.2, 0.25) is 11.8 Å². The standard InChI is InChI=1S/C32H36Cl2N2O2S/c1-23-10-8-9-13-26(23)21-39-22-31(37)36(20-25-16-17-27(33)19-29(25)34)30(18-24-11-4-2-5-12-24)32(38)35-28-14-6-3-7-15-28/h2,4-5,8-13,16-17,19,28,30H,3,6-7,14-15,18,20-22H2,1H3,(H,35,38)/t30-/m0/s1. The Labute approximate surface area is 246 Å². The monoisotopic (exact) mass is 582 g/mol. The van der Waals surface area contributed by atoms with E-state index in [2.05, 4.69) is 24.4 Å². The summed E-state index contributed by atoms with van der Waals surface area (Å²) in [6, 6.07) is 22.9. The van der Waals surface area contributed by atoms with Crippen LogP contribution in [0, 0.1) is 6.92 Å². The highest BCUT2D eigenvalue weighted by Crippen LogP contribution is 2.26. The van der Waals surface area contributed by atoms with Gasteiger partial charge in [0.1, 0.15) is 6.04 Å². The molecule has 3 aromatic rings. The zero-order valence-electron chi connectivity index (χ0n) is 22.4. The number of nitrogens with one attached hydrogen (secondary N) is 1. The maximum absolute atomic E-state index is 13.9. The van der Waals surface area contributed by atoms with Crippen molar-refractivity contribution in [3.8, 4) is 0 Å². The molecule has 7 heteroatoms. The van der Waals surface area contributed by atoms with Gasteiger partial charge in [-0.3, -0.25) is 9.59 Å². The minimum atomic E-state index is -0.660. The Bertz CT molecular complexity index is 1250. The molecule has 0 radical (unpaired) electrons. The van der Waals surface area contributed by atoms with Crippen LogP contribution in [0.4, 0.5) is 0 Å². The second kappa shape index (κ2) is 14.8. The van der Waals surface area contributed by atoms with Crippen molar-refractivity contribution in [3.63, 3.8) is 0 Å². The van der Waals surface area contributed by atoms with E-state index in [4.69, 9.17) is 23.2 Å². The number of carbonyl (C=O) groups excluding carboxylic acids is 2. The van der Waals surface area contributed by atoms with Gasteiger partial charge in [0.25, 0.3) is 0 Å². The fourth-order valence-electron chi connectivity index (χ4n) is 5.03. The first-order valence-electron chi connectivity index (χ1n) is 13.6. The molecular weight excluding hydrogens is 547 g/mol. The Hall–Kier alpha value is -2.47. The summed E-state index contributed by atoms with van der Waals surface area (Å²) in [6.45, 7) is 2.31. The van der Waals surface area contributed by atoms with Crippen LogP contribution in [0.1, 0.15) is 54.4 Å². The second-order valence-electron chi connectivity index (χ2n) is 10.2. The molecule has 1 fully saturated rings. The van der Waals surface area contributed by atoms with E-state index in [0.29, 0.717) is 16.5 Å². The number of hydrogen-bond donors (Lipinski definition) is 1. The van der Waals surface area contributed by atoms with Gasteiger partial charge in [-0.05, 0) is 54.2 Å². The van der Waals surface area contributed by atoms with Crippen LogP contribution in [0.25, 0.3) is 0 Å². The number of halogens is 2. The Balaban J connectivity index is 1.59. The lowest BCUT2D eigenvalue weighted by Gasteiger charge is -2.33. The summed E-state index contributed by atoms with van der Waals surface area (Å²) in [4.78, 5) is 29.5. The zero-order valence-corrected chi connectivity index (χ0v) is 24.7. The number of aryl methyl sites for hydroxylation is 1. The molecule has 0 aliphatic heterocycles. The maximum atomic E-state index is 13.9. The van der Waals surface area contributed by atoms with Crippen LogP contribution in [0.5, 0.6) is 0 Å². The van der Waals surface area contributed by atoms with Crippen molar-refractivity contribution in [1.82, 2.24) is 10.2 Å². The molecule has 1 atom stereocenters. The summed E-state index contributed by atoms with van der Waals surface area (Å²) in [6.07, 6.45) is 5.83. The van der Waals surface area contributed by atoms with E-state index in [1.165, 1.54) is 17.5 Å². The molecule has 2 amide bonds. The van der Waals surface area contributed by atoms with Gasteiger partial charge in [0.05, 0.1) is 5.75 Å². The smallest absolute Gasteiger partial charge is 0.243 e. The average molecular weight is 584 g/mol. The summed E-state index contributed by atoms with van der Waals surface area (Å²) in [5.41, 5.74) is 4.19. The Morgan fingerprint density at radius 2 is 1.67 bits per heavy atom. The van der Waals surface area contributed by atoms with E-state index >= 15 is 0 Å². The van der Waals surface area contributed by atoms with Crippen LogP contribution in [0.3, 0.4) is 0 Å². The van der Waals surface area contributed by atoms with Crippen LogP contribution < -0.4 is 5.32 Å². The highest BCUT2D eigenvalue weighted by atomic mass is 35.5. The van der Waals surface area contributed by atoms with Crippen molar-refractivity contribution in [2.75, 3.05) is 5.75 Å². The van der Waals surface area contributed by atoms with Gasteiger partial charge in [-0.25, -0.2) is 0 Å². The number of nitrogens with zero attached hydrogens (tertiary/aromatic N) is 1. The van der Waals surface area contributed by atoms with E-state index in [9.17, 15) is 9.59 Å². The third-order valence-corrected chi connectivity index (χ3v) is 8.88. The predicted molar refractivity (Wildman–Crippen MR) is 163 cm³/mol. The van der Waals surface area contributed by atoms with E-state index in [1.54, 1.807) is 28.8 Å².